The van der Waals surface area contributed by atoms with Gasteiger partial charge in [0.1, 0.15) is 23.5 Å². The van der Waals surface area contributed by atoms with Gasteiger partial charge in [-0.1, -0.05) is 18.2 Å². The third-order valence-corrected chi connectivity index (χ3v) is 3.99. The van der Waals surface area contributed by atoms with Gasteiger partial charge in [0.15, 0.2) is 0 Å². The lowest BCUT2D eigenvalue weighted by molar-refractivity contribution is -0.117. The SMILES string of the molecule is CC(=O)N1c2ccccc2C(Oc2cc(F)cc(F)c2)CC1C. The van der Waals surface area contributed by atoms with Gasteiger partial charge in [0.25, 0.3) is 0 Å². The number of amides is 1. The van der Waals surface area contributed by atoms with Crippen molar-refractivity contribution in [2.75, 3.05) is 4.90 Å². The maximum Gasteiger partial charge on any atom is 0.224 e. The Morgan fingerprint density at radius 3 is 2.48 bits per heavy atom. The third kappa shape index (κ3) is 3.04. The lowest BCUT2D eigenvalue weighted by Gasteiger charge is -2.38. The predicted molar refractivity (Wildman–Crippen MR) is 83.4 cm³/mol. The highest BCUT2D eigenvalue weighted by atomic mass is 19.1. The van der Waals surface area contributed by atoms with Crippen LogP contribution in [0.1, 0.15) is 31.9 Å². The van der Waals surface area contributed by atoms with Crippen LogP contribution in [-0.4, -0.2) is 11.9 Å². The molecule has 0 spiro atoms. The summed E-state index contributed by atoms with van der Waals surface area (Å²) in [5.74, 6) is -1.25. The molecule has 23 heavy (non-hydrogen) atoms. The summed E-state index contributed by atoms with van der Waals surface area (Å²) in [5, 5.41) is 0. The van der Waals surface area contributed by atoms with E-state index in [-0.39, 0.29) is 23.8 Å². The van der Waals surface area contributed by atoms with Crippen LogP contribution in [0.5, 0.6) is 5.75 Å². The standard InChI is InChI=1S/C18H17F2NO2/c1-11-7-18(23-15-9-13(19)8-14(20)10-15)16-5-3-4-6-17(16)21(11)12(2)22/h3-6,8-11,18H,7H2,1-2H3. The quantitative estimate of drug-likeness (QED) is 0.829. The molecule has 3 rings (SSSR count). The summed E-state index contributed by atoms with van der Waals surface area (Å²) < 4.78 is 32.5. The number of ether oxygens (including phenoxy) is 1. The fraction of sp³-hybridized carbons (Fsp3) is 0.278. The predicted octanol–water partition coefficient (Wildman–Crippen LogP) is 4.23. The first-order valence-corrected chi connectivity index (χ1v) is 7.47. The minimum atomic E-state index is -0.678. The maximum atomic E-state index is 13.3. The van der Waals surface area contributed by atoms with Gasteiger partial charge in [0.2, 0.25) is 5.91 Å². The van der Waals surface area contributed by atoms with Crippen molar-refractivity contribution >= 4 is 11.6 Å². The van der Waals surface area contributed by atoms with Crippen molar-refractivity contribution in [3.63, 3.8) is 0 Å². The summed E-state index contributed by atoms with van der Waals surface area (Å²) >= 11 is 0. The van der Waals surface area contributed by atoms with Crippen LogP contribution >= 0.6 is 0 Å². The average Bonchev–Trinajstić information content (AvgIpc) is 2.45. The smallest absolute Gasteiger partial charge is 0.224 e. The van der Waals surface area contributed by atoms with Crippen molar-refractivity contribution in [2.45, 2.75) is 32.4 Å². The van der Waals surface area contributed by atoms with Gasteiger partial charge in [-0.05, 0) is 13.0 Å². The molecule has 0 fully saturated rings. The summed E-state index contributed by atoms with van der Waals surface area (Å²) in [5.41, 5.74) is 1.62. The van der Waals surface area contributed by atoms with Crippen LogP contribution in [0.2, 0.25) is 0 Å². The molecule has 120 valence electrons. The molecule has 2 aromatic rings. The number of benzene rings is 2. The molecule has 2 unspecified atom stereocenters. The Balaban J connectivity index is 1.97. The van der Waals surface area contributed by atoms with E-state index in [1.54, 1.807) is 4.90 Å². The number of rotatable bonds is 2. The van der Waals surface area contributed by atoms with Gasteiger partial charge in [0, 0.05) is 43.1 Å². The summed E-state index contributed by atoms with van der Waals surface area (Å²) in [6.07, 6.45) is 0.187. The molecule has 2 atom stereocenters. The van der Waals surface area contributed by atoms with Crippen LogP contribution in [0, 0.1) is 11.6 Å². The minimum absolute atomic E-state index is 0.0415. The molecule has 0 saturated carbocycles. The fourth-order valence-electron chi connectivity index (χ4n) is 3.11. The molecule has 1 heterocycles. The zero-order chi connectivity index (χ0) is 16.6. The van der Waals surface area contributed by atoms with Crippen LogP contribution in [0.15, 0.2) is 42.5 Å². The van der Waals surface area contributed by atoms with E-state index in [1.807, 2.05) is 31.2 Å². The average molecular weight is 317 g/mol. The number of hydrogen-bond donors (Lipinski definition) is 0. The zero-order valence-electron chi connectivity index (χ0n) is 12.9. The zero-order valence-corrected chi connectivity index (χ0v) is 12.9. The Morgan fingerprint density at radius 1 is 1.17 bits per heavy atom. The van der Waals surface area contributed by atoms with Crippen LogP contribution in [0.25, 0.3) is 0 Å². The van der Waals surface area contributed by atoms with Gasteiger partial charge in [-0.3, -0.25) is 4.79 Å². The lowest BCUT2D eigenvalue weighted by Crippen LogP contribution is -2.42. The number of nitrogens with zero attached hydrogens (tertiary/aromatic N) is 1. The molecule has 5 heteroatoms. The third-order valence-electron chi connectivity index (χ3n) is 3.99. The Morgan fingerprint density at radius 2 is 1.83 bits per heavy atom. The Kier molecular flexibility index (Phi) is 4.03. The second-order valence-corrected chi connectivity index (χ2v) is 5.74. The second kappa shape index (κ2) is 5.99. The van der Waals surface area contributed by atoms with Crippen LogP contribution in [-0.2, 0) is 4.79 Å². The second-order valence-electron chi connectivity index (χ2n) is 5.74. The molecule has 3 nitrogen and oxygen atoms in total. The first-order valence-electron chi connectivity index (χ1n) is 7.47. The van der Waals surface area contributed by atoms with E-state index in [0.717, 1.165) is 29.4 Å². The van der Waals surface area contributed by atoms with Crippen molar-refractivity contribution in [1.29, 1.82) is 0 Å². The van der Waals surface area contributed by atoms with Crippen LogP contribution in [0.3, 0.4) is 0 Å². The van der Waals surface area contributed by atoms with E-state index in [1.165, 1.54) is 6.92 Å². The molecule has 0 saturated heterocycles. The molecule has 0 bridgehead atoms. The van der Waals surface area contributed by atoms with E-state index in [9.17, 15) is 13.6 Å². The molecule has 0 aliphatic carbocycles. The number of halogens is 2. The van der Waals surface area contributed by atoms with Gasteiger partial charge in [-0.2, -0.15) is 0 Å². The number of carbonyl (C=O) groups excluding carboxylic acids is 1. The van der Waals surface area contributed by atoms with E-state index in [0.29, 0.717) is 6.42 Å². The Hall–Kier alpha value is -2.43. The number of hydrogen-bond acceptors (Lipinski definition) is 2. The monoisotopic (exact) mass is 317 g/mol. The lowest BCUT2D eigenvalue weighted by atomic mass is 9.93. The number of carbonyl (C=O) groups is 1. The van der Waals surface area contributed by atoms with Gasteiger partial charge >= 0.3 is 0 Å². The van der Waals surface area contributed by atoms with E-state index < -0.39 is 11.6 Å². The molecular formula is C18H17F2NO2. The molecule has 1 amide bonds. The number of fused-ring (bicyclic) bond motifs is 1. The van der Waals surface area contributed by atoms with E-state index >= 15 is 0 Å². The highest BCUT2D eigenvalue weighted by molar-refractivity contribution is 5.93. The van der Waals surface area contributed by atoms with Gasteiger partial charge < -0.3 is 9.64 Å². The number of para-hydroxylation sites is 1. The highest BCUT2D eigenvalue weighted by Crippen LogP contribution is 2.39. The Bertz CT molecular complexity index is 727. The van der Waals surface area contributed by atoms with Crippen molar-refractivity contribution in [2.24, 2.45) is 0 Å². The first kappa shape index (κ1) is 15.5. The largest absolute Gasteiger partial charge is 0.485 e. The normalized spacial score (nSPS) is 20.1. The number of anilines is 1. The van der Waals surface area contributed by atoms with Crippen molar-refractivity contribution in [3.8, 4) is 5.75 Å². The maximum absolute atomic E-state index is 13.3. The van der Waals surface area contributed by atoms with Crippen LogP contribution < -0.4 is 9.64 Å². The summed E-state index contributed by atoms with van der Waals surface area (Å²) in [6.45, 7) is 3.45. The molecular weight excluding hydrogens is 300 g/mol. The van der Waals surface area contributed by atoms with Gasteiger partial charge in [0.05, 0.1) is 5.69 Å². The molecule has 1 aliphatic rings. The van der Waals surface area contributed by atoms with Crippen LogP contribution in [0.4, 0.5) is 14.5 Å². The van der Waals surface area contributed by atoms with Gasteiger partial charge in [-0.25, -0.2) is 8.78 Å². The van der Waals surface area contributed by atoms with Crippen molar-refractivity contribution < 1.29 is 18.3 Å². The van der Waals surface area contributed by atoms with E-state index in [4.69, 9.17) is 4.74 Å². The minimum Gasteiger partial charge on any atom is -0.485 e. The summed E-state index contributed by atoms with van der Waals surface area (Å²) in [4.78, 5) is 13.6. The molecule has 1 aliphatic heterocycles. The summed E-state index contributed by atoms with van der Waals surface area (Å²) in [6, 6.07) is 10.5. The highest BCUT2D eigenvalue weighted by Gasteiger charge is 2.33. The Labute approximate surface area is 133 Å². The first-order chi connectivity index (χ1) is 11.0. The molecule has 0 N–H and O–H groups in total. The topological polar surface area (TPSA) is 29.5 Å². The van der Waals surface area contributed by atoms with Crippen molar-refractivity contribution in [3.05, 3.63) is 59.7 Å². The fourth-order valence-corrected chi connectivity index (χ4v) is 3.11. The summed E-state index contributed by atoms with van der Waals surface area (Å²) in [7, 11) is 0. The van der Waals surface area contributed by atoms with Crippen molar-refractivity contribution in [1.82, 2.24) is 0 Å². The molecule has 2 aromatic carbocycles. The molecule has 0 radical (unpaired) electrons. The van der Waals surface area contributed by atoms with Gasteiger partial charge in [-0.15, -0.1) is 0 Å². The molecule has 0 aromatic heterocycles. The van der Waals surface area contributed by atoms with E-state index in [2.05, 4.69) is 0 Å².